The topological polar surface area (TPSA) is 75.9 Å². The van der Waals surface area contributed by atoms with Gasteiger partial charge in [-0.3, -0.25) is 0 Å². The Bertz CT molecular complexity index is 651. The monoisotopic (exact) mass is 389 g/mol. The molecular weight excluding hydrogens is 377 g/mol. The molecule has 0 amide bonds. The number of rotatable bonds is 5. The molecule has 0 unspecified atom stereocenters. The highest BCUT2D eigenvalue weighted by atomic mass is 79.9. The summed E-state index contributed by atoms with van der Waals surface area (Å²) in [6, 6.07) is 5.33. The van der Waals surface area contributed by atoms with Crippen LogP contribution in [0.4, 0.5) is 17.3 Å². The van der Waals surface area contributed by atoms with Crippen LogP contribution in [0.1, 0.15) is 19.2 Å². The largest absolute Gasteiger partial charge is 0.339 e. The maximum absolute atomic E-state index is 6.21. The third-order valence-electron chi connectivity index (χ3n) is 2.69. The molecule has 1 heterocycles. The lowest BCUT2D eigenvalue weighted by Gasteiger charge is -2.12. The summed E-state index contributed by atoms with van der Waals surface area (Å²) in [5.41, 5.74) is 3.19. The fourth-order valence-corrected chi connectivity index (χ4v) is 2.55. The predicted molar refractivity (Wildman–Crippen MR) is 91.3 cm³/mol. The highest BCUT2D eigenvalue weighted by Crippen LogP contribution is 2.37. The van der Waals surface area contributed by atoms with Gasteiger partial charge in [0.2, 0.25) is 0 Å². The van der Waals surface area contributed by atoms with Crippen molar-refractivity contribution in [2.45, 2.75) is 19.8 Å². The Labute approximate surface area is 141 Å². The average Bonchev–Trinajstić information content (AvgIpc) is 2.48. The van der Waals surface area contributed by atoms with Crippen LogP contribution in [-0.2, 0) is 6.42 Å². The second kappa shape index (κ2) is 7.26. The lowest BCUT2D eigenvalue weighted by atomic mass is 10.3. The van der Waals surface area contributed by atoms with E-state index in [4.69, 9.17) is 29.0 Å². The van der Waals surface area contributed by atoms with E-state index in [0.29, 0.717) is 33.2 Å². The molecule has 1 aromatic carbocycles. The van der Waals surface area contributed by atoms with Gasteiger partial charge in [0.05, 0.1) is 15.7 Å². The normalized spacial score (nSPS) is 10.5. The minimum absolute atomic E-state index is 0.420. The van der Waals surface area contributed by atoms with Crippen molar-refractivity contribution in [3.05, 3.63) is 38.5 Å². The zero-order valence-electron chi connectivity index (χ0n) is 11.3. The van der Waals surface area contributed by atoms with Crippen LogP contribution in [0.15, 0.2) is 22.7 Å². The first-order valence-electron chi connectivity index (χ1n) is 6.30. The van der Waals surface area contributed by atoms with E-state index in [9.17, 15) is 0 Å². The van der Waals surface area contributed by atoms with Crippen LogP contribution in [0, 0.1) is 0 Å². The summed E-state index contributed by atoms with van der Waals surface area (Å²) in [5, 5.41) is 4.00. The summed E-state index contributed by atoms with van der Waals surface area (Å²) in [6.45, 7) is 2.06. The van der Waals surface area contributed by atoms with Crippen LogP contribution in [0.5, 0.6) is 0 Å². The molecule has 4 N–H and O–H groups in total. The summed E-state index contributed by atoms with van der Waals surface area (Å²) in [4.78, 5) is 8.71. The summed E-state index contributed by atoms with van der Waals surface area (Å²) >= 11 is 15.6. The number of halogens is 3. The van der Waals surface area contributed by atoms with Crippen molar-refractivity contribution in [3.8, 4) is 0 Å². The molecule has 0 bridgehead atoms. The summed E-state index contributed by atoms with van der Waals surface area (Å²) in [5.74, 6) is 7.27. The Morgan fingerprint density at radius 2 is 1.90 bits per heavy atom. The molecule has 0 atom stereocenters. The Hall–Kier alpha value is -1.08. The van der Waals surface area contributed by atoms with E-state index in [0.717, 1.165) is 17.3 Å². The van der Waals surface area contributed by atoms with Gasteiger partial charge in [0.15, 0.2) is 0 Å². The van der Waals surface area contributed by atoms with Gasteiger partial charge in [-0.1, -0.05) is 30.1 Å². The molecule has 2 aromatic rings. The van der Waals surface area contributed by atoms with Crippen molar-refractivity contribution in [2.75, 3.05) is 10.7 Å². The molecule has 112 valence electrons. The first kappa shape index (κ1) is 16.3. The molecule has 2 rings (SSSR count). The van der Waals surface area contributed by atoms with Crippen molar-refractivity contribution in [3.63, 3.8) is 0 Å². The number of aromatic nitrogens is 2. The van der Waals surface area contributed by atoms with Crippen molar-refractivity contribution in [2.24, 2.45) is 5.84 Å². The Morgan fingerprint density at radius 3 is 2.57 bits per heavy atom. The van der Waals surface area contributed by atoms with E-state index in [1.54, 1.807) is 6.07 Å². The van der Waals surface area contributed by atoms with E-state index < -0.39 is 0 Å². The zero-order valence-corrected chi connectivity index (χ0v) is 14.3. The number of nitrogens with one attached hydrogen (secondary N) is 2. The van der Waals surface area contributed by atoms with Gasteiger partial charge in [-0.2, -0.15) is 0 Å². The lowest BCUT2D eigenvalue weighted by Crippen LogP contribution is -2.11. The second-order valence-corrected chi connectivity index (χ2v) is 5.91. The van der Waals surface area contributed by atoms with Gasteiger partial charge >= 0.3 is 0 Å². The highest BCUT2D eigenvalue weighted by molar-refractivity contribution is 9.10. The van der Waals surface area contributed by atoms with Gasteiger partial charge < -0.3 is 10.7 Å². The molecule has 0 radical (unpaired) electrons. The molecular formula is C13H14BrCl2N5. The second-order valence-electron chi connectivity index (χ2n) is 4.30. The molecule has 0 aliphatic rings. The van der Waals surface area contributed by atoms with Gasteiger partial charge in [-0.25, -0.2) is 15.8 Å². The SMILES string of the molecule is CCCc1nc(NN)cc(Nc2ccc(Br)c(Cl)c2Cl)n1. The van der Waals surface area contributed by atoms with Crippen LogP contribution in [0.2, 0.25) is 10.0 Å². The highest BCUT2D eigenvalue weighted by Gasteiger charge is 2.10. The molecule has 0 saturated carbocycles. The molecule has 1 aromatic heterocycles. The predicted octanol–water partition coefficient (Wildman–Crippen LogP) is 4.53. The van der Waals surface area contributed by atoms with Gasteiger partial charge in [0.1, 0.15) is 17.5 Å². The van der Waals surface area contributed by atoms with E-state index in [1.807, 2.05) is 12.1 Å². The smallest absolute Gasteiger partial charge is 0.145 e. The number of nitrogen functional groups attached to an aromatic ring is 1. The quantitative estimate of drug-likeness (QED) is 0.397. The number of nitrogens with two attached hydrogens (primary N) is 1. The number of anilines is 3. The summed E-state index contributed by atoms with van der Waals surface area (Å²) in [6.07, 6.45) is 1.71. The van der Waals surface area contributed by atoms with Crippen molar-refractivity contribution >= 4 is 56.5 Å². The van der Waals surface area contributed by atoms with Crippen molar-refractivity contribution < 1.29 is 0 Å². The average molecular weight is 391 g/mol. The van der Waals surface area contributed by atoms with Crippen LogP contribution in [-0.4, -0.2) is 9.97 Å². The number of nitrogens with zero attached hydrogens (tertiary/aromatic N) is 2. The molecule has 5 nitrogen and oxygen atoms in total. The van der Waals surface area contributed by atoms with E-state index >= 15 is 0 Å². The van der Waals surface area contributed by atoms with Gasteiger partial charge in [-0.15, -0.1) is 0 Å². The Balaban J connectivity index is 2.34. The van der Waals surface area contributed by atoms with Crippen LogP contribution < -0.4 is 16.6 Å². The van der Waals surface area contributed by atoms with Gasteiger partial charge in [-0.05, 0) is 34.5 Å². The van der Waals surface area contributed by atoms with Crippen molar-refractivity contribution in [1.82, 2.24) is 9.97 Å². The first-order chi connectivity index (χ1) is 10.0. The zero-order chi connectivity index (χ0) is 15.4. The molecule has 0 spiro atoms. The fourth-order valence-electron chi connectivity index (χ4n) is 1.73. The Kier molecular flexibility index (Phi) is 5.64. The number of hydrogen-bond acceptors (Lipinski definition) is 5. The minimum Gasteiger partial charge on any atom is -0.339 e. The van der Waals surface area contributed by atoms with E-state index in [2.05, 4.69) is 43.6 Å². The van der Waals surface area contributed by atoms with E-state index in [-0.39, 0.29) is 0 Å². The molecule has 0 fully saturated rings. The van der Waals surface area contributed by atoms with E-state index in [1.165, 1.54) is 0 Å². The third kappa shape index (κ3) is 3.97. The van der Waals surface area contributed by atoms with Crippen LogP contribution in [0.25, 0.3) is 0 Å². The fraction of sp³-hybridized carbons (Fsp3) is 0.231. The van der Waals surface area contributed by atoms with Gasteiger partial charge in [0, 0.05) is 17.0 Å². The molecule has 0 aliphatic heterocycles. The lowest BCUT2D eigenvalue weighted by molar-refractivity contribution is 0.837. The molecule has 0 aliphatic carbocycles. The Morgan fingerprint density at radius 1 is 1.19 bits per heavy atom. The first-order valence-corrected chi connectivity index (χ1v) is 7.85. The minimum atomic E-state index is 0.420. The number of hydrogen-bond donors (Lipinski definition) is 3. The summed E-state index contributed by atoms with van der Waals surface area (Å²) in [7, 11) is 0. The number of hydrazine groups is 1. The van der Waals surface area contributed by atoms with Crippen LogP contribution >= 0.6 is 39.1 Å². The van der Waals surface area contributed by atoms with Crippen LogP contribution in [0.3, 0.4) is 0 Å². The number of benzene rings is 1. The molecule has 21 heavy (non-hydrogen) atoms. The van der Waals surface area contributed by atoms with Crippen molar-refractivity contribution in [1.29, 1.82) is 0 Å². The third-order valence-corrected chi connectivity index (χ3v) is 4.46. The maximum atomic E-state index is 6.21. The molecule has 8 heteroatoms. The molecule has 0 saturated heterocycles. The van der Waals surface area contributed by atoms with Gasteiger partial charge in [0.25, 0.3) is 0 Å². The number of aryl methyl sites for hydroxylation is 1. The maximum Gasteiger partial charge on any atom is 0.145 e. The standard InChI is InChI=1S/C13H14BrCl2N5/c1-2-3-9-19-10(6-11(20-9)21-17)18-8-5-4-7(14)12(15)13(8)16/h4-6H,2-3,17H2,1H3,(H2,18,19,20,21). The summed E-state index contributed by atoms with van der Waals surface area (Å²) < 4.78 is 0.735.